The Morgan fingerprint density at radius 2 is 2.00 bits per heavy atom. The number of aromatic nitrogens is 1. The number of hydrogen-bond donors (Lipinski definition) is 1. The molecule has 0 bridgehead atoms. The lowest BCUT2D eigenvalue weighted by atomic mass is 10.1. The first-order valence-electron chi connectivity index (χ1n) is 5.13. The highest BCUT2D eigenvalue weighted by molar-refractivity contribution is 7.90. The molecule has 4 nitrogen and oxygen atoms in total. The van der Waals surface area contributed by atoms with Crippen LogP contribution in [0.1, 0.15) is 0 Å². The summed E-state index contributed by atoms with van der Waals surface area (Å²) in [4.78, 5) is 3.67. The van der Waals surface area contributed by atoms with Crippen molar-refractivity contribution in [3.8, 4) is 16.9 Å². The average Bonchev–Trinajstić information content (AvgIpc) is 2.34. The summed E-state index contributed by atoms with van der Waals surface area (Å²) >= 11 is 5.64. The van der Waals surface area contributed by atoms with Crippen LogP contribution >= 0.6 is 11.6 Å². The molecule has 2 aromatic rings. The average molecular weight is 302 g/mol. The second-order valence-electron chi connectivity index (χ2n) is 3.94. The molecule has 0 spiro atoms. The third-order valence-corrected chi connectivity index (χ3v) is 3.87. The first-order valence-corrected chi connectivity index (χ1v) is 7.40. The second-order valence-corrected chi connectivity index (χ2v) is 6.36. The van der Waals surface area contributed by atoms with E-state index in [0.717, 1.165) is 12.5 Å². The molecule has 0 unspecified atom stereocenters. The zero-order chi connectivity index (χ0) is 14.2. The van der Waals surface area contributed by atoms with Crippen LogP contribution in [0.5, 0.6) is 5.75 Å². The first kappa shape index (κ1) is 13.8. The normalized spacial score (nSPS) is 11.5. The minimum absolute atomic E-state index is 0.0659. The number of phenolic OH excluding ortho intramolecular Hbond substituents is 1. The van der Waals surface area contributed by atoms with E-state index in [4.69, 9.17) is 11.6 Å². The second kappa shape index (κ2) is 4.79. The molecule has 0 radical (unpaired) electrons. The number of halogens is 2. The van der Waals surface area contributed by atoms with Crippen LogP contribution in [0.3, 0.4) is 0 Å². The molecule has 0 aliphatic rings. The lowest BCUT2D eigenvalue weighted by Gasteiger charge is -2.08. The molecule has 0 aliphatic heterocycles. The van der Waals surface area contributed by atoms with E-state index in [0.29, 0.717) is 0 Å². The van der Waals surface area contributed by atoms with Gasteiger partial charge in [-0.15, -0.1) is 0 Å². The molecule has 0 atom stereocenters. The number of benzene rings is 1. The van der Waals surface area contributed by atoms with E-state index >= 15 is 0 Å². The number of phenols is 1. The van der Waals surface area contributed by atoms with Gasteiger partial charge in [-0.1, -0.05) is 11.6 Å². The molecule has 100 valence electrons. The number of nitrogens with zero attached hydrogens (tertiary/aromatic N) is 1. The molecular formula is C12H9ClFNO3S. The maximum Gasteiger partial charge on any atom is 0.177 e. The topological polar surface area (TPSA) is 67.3 Å². The molecule has 2 rings (SSSR count). The van der Waals surface area contributed by atoms with Gasteiger partial charge in [-0.2, -0.15) is 0 Å². The van der Waals surface area contributed by atoms with Crippen LogP contribution in [0.25, 0.3) is 11.1 Å². The summed E-state index contributed by atoms with van der Waals surface area (Å²) in [5.41, 5.74) is -0.0362. The quantitative estimate of drug-likeness (QED) is 0.926. The van der Waals surface area contributed by atoms with Crippen molar-refractivity contribution in [2.24, 2.45) is 0 Å². The van der Waals surface area contributed by atoms with Crippen molar-refractivity contribution in [2.45, 2.75) is 4.90 Å². The largest absolute Gasteiger partial charge is 0.507 e. The number of hydrogen-bond acceptors (Lipinski definition) is 4. The van der Waals surface area contributed by atoms with Crippen LogP contribution in [0.2, 0.25) is 5.02 Å². The minimum Gasteiger partial charge on any atom is -0.507 e. The van der Waals surface area contributed by atoms with Crippen LogP contribution in [-0.4, -0.2) is 24.8 Å². The highest BCUT2D eigenvalue weighted by Gasteiger charge is 2.16. The maximum absolute atomic E-state index is 13.9. The van der Waals surface area contributed by atoms with Gasteiger partial charge in [0, 0.05) is 24.2 Å². The van der Waals surface area contributed by atoms with Crippen molar-refractivity contribution in [2.75, 3.05) is 6.26 Å². The molecule has 1 aromatic carbocycles. The highest BCUT2D eigenvalue weighted by Crippen LogP contribution is 2.35. The third kappa shape index (κ3) is 2.69. The van der Waals surface area contributed by atoms with Gasteiger partial charge in [0.05, 0.1) is 15.5 Å². The molecule has 0 saturated carbocycles. The molecule has 0 saturated heterocycles. The Kier molecular flexibility index (Phi) is 3.47. The van der Waals surface area contributed by atoms with Crippen molar-refractivity contribution in [1.82, 2.24) is 4.98 Å². The lowest BCUT2D eigenvalue weighted by Crippen LogP contribution is -1.98. The van der Waals surface area contributed by atoms with E-state index in [9.17, 15) is 17.9 Å². The van der Waals surface area contributed by atoms with Crippen LogP contribution in [0.4, 0.5) is 4.39 Å². The number of aromatic hydroxyl groups is 1. The van der Waals surface area contributed by atoms with Gasteiger partial charge < -0.3 is 5.11 Å². The van der Waals surface area contributed by atoms with E-state index in [1.165, 1.54) is 24.4 Å². The molecule has 1 N–H and O–H groups in total. The third-order valence-electron chi connectivity index (χ3n) is 2.50. The van der Waals surface area contributed by atoms with E-state index in [1.54, 1.807) is 0 Å². The summed E-state index contributed by atoms with van der Waals surface area (Å²) < 4.78 is 36.8. The van der Waals surface area contributed by atoms with Gasteiger partial charge in [-0.3, -0.25) is 4.98 Å². The van der Waals surface area contributed by atoms with Crippen LogP contribution in [-0.2, 0) is 9.84 Å². The van der Waals surface area contributed by atoms with Gasteiger partial charge in [-0.25, -0.2) is 12.8 Å². The van der Waals surface area contributed by atoms with Gasteiger partial charge in [0.1, 0.15) is 5.75 Å². The van der Waals surface area contributed by atoms with Crippen molar-refractivity contribution in [3.63, 3.8) is 0 Å². The van der Waals surface area contributed by atoms with Gasteiger partial charge in [-0.05, 0) is 18.2 Å². The Balaban J connectivity index is 2.70. The van der Waals surface area contributed by atoms with Gasteiger partial charge >= 0.3 is 0 Å². The summed E-state index contributed by atoms with van der Waals surface area (Å²) in [6.07, 6.45) is 3.42. The van der Waals surface area contributed by atoms with Crippen LogP contribution < -0.4 is 0 Å². The zero-order valence-corrected chi connectivity index (χ0v) is 11.3. The molecule has 0 aliphatic carbocycles. The van der Waals surface area contributed by atoms with E-state index in [2.05, 4.69) is 4.98 Å². The fraction of sp³-hybridized carbons (Fsp3) is 0.0833. The van der Waals surface area contributed by atoms with Crippen molar-refractivity contribution < 1.29 is 17.9 Å². The Labute approximate surface area is 114 Å². The standard InChI is InChI=1S/C12H9ClFNO3S/c1-19(17,18)8-4-7(5-15-6-8)11-10(16)3-2-9(13)12(11)14/h2-6,16H,1H3. The summed E-state index contributed by atoms with van der Waals surface area (Å²) in [6, 6.07) is 3.67. The van der Waals surface area contributed by atoms with E-state index in [1.807, 2.05) is 0 Å². The van der Waals surface area contributed by atoms with Gasteiger partial charge in [0.2, 0.25) is 0 Å². The number of rotatable bonds is 2. The van der Waals surface area contributed by atoms with Crippen molar-refractivity contribution in [3.05, 3.63) is 41.4 Å². The molecule has 0 fully saturated rings. The SMILES string of the molecule is CS(=O)(=O)c1cncc(-c2c(O)ccc(Cl)c2F)c1. The van der Waals surface area contributed by atoms with Gasteiger partial charge in [0.25, 0.3) is 0 Å². The minimum atomic E-state index is -3.47. The molecule has 1 aromatic heterocycles. The Hall–Kier alpha value is -1.66. The fourth-order valence-electron chi connectivity index (χ4n) is 1.57. The van der Waals surface area contributed by atoms with Crippen molar-refractivity contribution >= 4 is 21.4 Å². The lowest BCUT2D eigenvalue weighted by molar-refractivity contribution is 0.472. The molecule has 7 heteroatoms. The molecule has 19 heavy (non-hydrogen) atoms. The monoisotopic (exact) mass is 301 g/mol. The highest BCUT2D eigenvalue weighted by atomic mass is 35.5. The predicted molar refractivity (Wildman–Crippen MR) is 69.4 cm³/mol. The first-order chi connectivity index (χ1) is 8.80. The van der Waals surface area contributed by atoms with Crippen molar-refractivity contribution in [1.29, 1.82) is 0 Å². The smallest absolute Gasteiger partial charge is 0.177 e. The molecule has 1 heterocycles. The summed E-state index contributed by atoms with van der Waals surface area (Å²) in [5, 5.41) is 9.52. The summed E-state index contributed by atoms with van der Waals surface area (Å²) in [5.74, 6) is -1.16. The molecular weight excluding hydrogens is 293 g/mol. The van der Waals surface area contributed by atoms with Crippen LogP contribution in [0, 0.1) is 5.82 Å². The maximum atomic E-state index is 13.9. The Morgan fingerprint density at radius 1 is 1.32 bits per heavy atom. The van der Waals surface area contributed by atoms with Crippen LogP contribution in [0.15, 0.2) is 35.5 Å². The number of sulfone groups is 1. The fourth-order valence-corrected chi connectivity index (χ4v) is 2.32. The Morgan fingerprint density at radius 3 is 2.63 bits per heavy atom. The zero-order valence-electron chi connectivity index (χ0n) is 9.76. The van der Waals surface area contributed by atoms with E-state index in [-0.39, 0.29) is 26.8 Å². The summed E-state index contributed by atoms with van der Waals surface area (Å²) in [7, 11) is -3.47. The molecule has 0 amide bonds. The summed E-state index contributed by atoms with van der Waals surface area (Å²) in [6.45, 7) is 0. The number of pyridine rings is 1. The van der Waals surface area contributed by atoms with E-state index < -0.39 is 15.7 Å². The Bertz CT molecular complexity index is 747. The predicted octanol–water partition coefficient (Wildman–Crippen LogP) is 2.65. The van der Waals surface area contributed by atoms with Gasteiger partial charge in [0.15, 0.2) is 15.7 Å².